The number of hydrogen-bond acceptors (Lipinski definition) is 3. The highest BCUT2D eigenvalue weighted by molar-refractivity contribution is 5.44. The highest BCUT2D eigenvalue weighted by Crippen LogP contribution is 2.15. The van der Waals surface area contributed by atoms with E-state index in [4.69, 9.17) is 0 Å². The standard InChI is InChI=1S/C9H12N4/c1-6(2)8-9-12-7(3)4-13(9)11-5-10-8/h4-6H,1-3H3. The van der Waals surface area contributed by atoms with Crippen molar-refractivity contribution in [2.24, 2.45) is 0 Å². The third kappa shape index (κ3) is 1.28. The van der Waals surface area contributed by atoms with Gasteiger partial charge in [-0.2, -0.15) is 5.10 Å². The van der Waals surface area contributed by atoms with Gasteiger partial charge in [0.2, 0.25) is 0 Å². The van der Waals surface area contributed by atoms with Gasteiger partial charge >= 0.3 is 0 Å². The van der Waals surface area contributed by atoms with Crippen LogP contribution in [0.5, 0.6) is 0 Å². The van der Waals surface area contributed by atoms with Crippen molar-refractivity contribution in [1.29, 1.82) is 0 Å². The van der Waals surface area contributed by atoms with Crippen LogP contribution in [-0.4, -0.2) is 19.6 Å². The van der Waals surface area contributed by atoms with Gasteiger partial charge < -0.3 is 0 Å². The number of imidazole rings is 1. The summed E-state index contributed by atoms with van der Waals surface area (Å²) in [6, 6.07) is 0. The summed E-state index contributed by atoms with van der Waals surface area (Å²) in [5.74, 6) is 0.382. The van der Waals surface area contributed by atoms with Crippen LogP contribution in [0.3, 0.4) is 0 Å². The summed E-state index contributed by atoms with van der Waals surface area (Å²) in [5, 5.41) is 4.09. The van der Waals surface area contributed by atoms with Crippen LogP contribution in [0.25, 0.3) is 5.65 Å². The summed E-state index contributed by atoms with van der Waals surface area (Å²) in [4.78, 5) is 8.60. The Kier molecular flexibility index (Phi) is 1.76. The quantitative estimate of drug-likeness (QED) is 0.662. The molecule has 4 nitrogen and oxygen atoms in total. The van der Waals surface area contributed by atoms with Crippen LogP contribution < -0.4 is 0 Å². The van der Waals surface area contributed by atoms with Gasteiger partial charge in [0, 0.05) is 0 Å². The molecule has 0 fully saturated rings. The minimum atomic E-state index is 0.382. The molecule has 2 aromatic heterocycles. The summed E-state index contributed by atoms with van der Waals surface area (Å²) in [6.45, 7) is 6.16. The molecule has 2 heterocycles. The average molecular weight is 176 g/mol. The fourth-order valence-corrected chi connectivity index (χ4v) is 1.36. The van der Waals surface area contributed by atoms with Crippen LogP contribution in [0, 0.1) is 6.92 Å². The zero-order valence-electron chi connectivity index (χ0n) is 8.02. The number of nitrogens with zero attached hydrogens (tertiary/aromatic N) is 4. The lowest BCUT2D eigenvalue weighted by molar-refractivity contribution is 0.780. The lowest BCUT2D eigenvalue weighted by atomic mass is 10.1. The molecule has 0 saturated heterocycles. The van der Waals surface area contributed by atoms with Crippen LogP contribution in [0.2, 0.25) is 0 Å². The molecule has 2 rings (SSSR count). The summed E-state index contributed by atoms with van der Waals surface area (Å²) in [6.07, 6.45) is 3.48. The van der Waals surface area contributed by atoms with Crippen molar-refractivity contribution in [1.82, 2.24) is 19.6 Å². The predicted molar refractivity (Wildman–Crippen MR) is 49.6 cm³/mol. The summed E-state index contributed by atoms with van der Waals surface area (Å²) >= 11 is 0. The van der Waals surface area contributed by atoms with E-state index in [-0.39, 0.29) is 0 Å². The maximum atomic E-state index is 4.37. The Morgan fingerprint density at radius 3 is 2.85 bits per heavy atom. The van der Waals surface area contributed by atoms with Gasteiger partial charge in [0.25, 0.3) is 0 Å². The predicted octanol–water partition coefficient (Wildman–Crippen LogP) is 1.56. The number of fused-ring (bicyclic) bond motifs is 1. The van der Waals surface area contributed by atoms with Crippen LogP contribution in [-0.2, 0) is 0 Å². The molecular formula is C9H12N4. The lowest BCUT2D eigenvalue weighted by Gasteiger charge is -2.03. The molecule has 0 N–H and O–H groups in total. The minimum absolute atomic E-state index is 0.382. The van der Waals surface area contributed by atoms with Crippen LogP contribution in [0.4, 0.5) is 0 Å². The van der Waals surface area contributed by atoms with E-state index in [9.17, 15) is 0 Å². The number of rotatable bonds is 1. The van der Waals surface area contributed by atoms with Gasteiger partial charge in [-0.25, -0.2) is 14.5 Å². The first kappa shape index (κ1) is 8.16. The first-order valence-corrected chi connectivity index (χ1v) is 4.35. The summed E-state index contributed by atoms with van der Waals surface area (Å²) < 4.78 is 1.78. The first-order chi connectivity index (χ1) is 6.18. The van der Waals surface area contributed by atoms with Gasteiger partial charge in [0.1, 0.15) is 6.33 Å². The smallest absolute Gasteiger partial charge is 0.175 e. The zero-order valence-corrected chi connectivity index (χ0v) is 8.02. The van der Waals surface area contributed by atoms with Crippen molar-refractivity contribution >= 4 is 5.65 Å². The molecular weight excluding hydrogens is 164 g/mol. The van der Waals surface area contributed by atoms with E-state index < -0.39 is 0 Å². The van der Waals surface area contributed by atoms with Crippen molar-refractivity contribution in [3.05, 3.63) is 23.9 Å². The van der Waals surface area contributed by atoms with E-state index in [1.54, 1.807) is 10.8 Å². The first-order valence-electron chi connectivity index (χ1n) is 4.35. The third-order valence-electron chi connectivity index (χ3n) is 1.96. The summed E-state index contributed by atoms with van der Waals surface area (Å²) in [7, 11) is 0. The second-order valence-electron chi connectivity index (χ2n) is 3.45. The topological polar surface area (TPSA) is 43.1 Å². The maximum absolute atomic E-state index is 4.37. The third-order valence-corrected chi connectivity index (χ3v) is 1.96. The molecule has 0 aliphatic carbocycles. The van der Waals surface area contributed by atoms with Gasteiger partial charge in [-0.3, -0.25) is 0 Å². The van der Waals surface area contributed by atoms with Crippen molar-refractivity contribution in [2.45, 2.75) is 26.7 Å². The monoisotopic (exact) mass is 176 g/mol. The second-order valence-corrected chi connectivity index (χ2v) is 3.45. The number of hydrogen-bond donors (Lipinski definition) is 0. The Labute approximate surface area is 76.6 Å². The largest absolute Gasteiger partial charge is 0.235 e. The molecule has 13 heavy (non-hydrogen) atoms. The summed E-state index contributed by atoms with van der Waals surface area (Å²) in [5.41, 5.74) is 2.85. The fraction of sp³-hybridized carbons (Fsp3) is 0.444. The number of aromatic nitrogens is 4. The molecule has 0 aromatic carbocycles. The van der Waals surface area contributed by atoms with Gasteiger partial charge in [-0.05, 0) is 12.8 Å². The average Bonchev–Trinajstić information content (AvgIpc) is 2.43. The second kappa shape index (κ2) is 2.80. The van der Waals surface area contributed by atoms with E-state index in [1.807, 2.05) is 13.1 Å². The molecule has 0 unspecified atom stereocenters. The fourth-order valence-electron chi connectivity index (χ4n) is 1.36. The Morgan fingerprint density at radius 1 is 1.38 bits per heavy atom. The molecule has 0 spiro atoms. The molecule has 0 bridgehead atoms. The molecule has 4 heteroatoms. The Hall–Kier alpha value is -1.45. The van der Waals surface area contributed by atoms with Gasteiger partial charge in [-0.1, -0.05) is 13.8 Å². The van der Waals surface area contributed by atoms with E-state index in [1.165, 1.54) is 0 Å². The van der Waals surface area contributed by atoms with E-state index in [0.717, 1.165) is 17.0 Å². The van der Waals surface area contributed by atoms with Crippen LogP contribution in [0.1, 0.15) is 31.2 Å². The van der Waals surface area contributed by atoms with Crippen LogP contribution in [0.15, 0.2) is 12.5 Å². The van der Waals surface area contributed by atoms with E-state index in [2.05, 4.69) is 28.9 Å². The lowest BCUT2D eigenvalue weighted by Crippen LogP contribution is -2.00. The SMILES string of the molecule is Cc1cn2ncnc(C(C)C)c2n1. The normalized spacial score (nSPS) is 11.4. The Bertz CT molecular complexity index is 430. The maximum Gasteiger partial charge on any atom is 0.175 e. The molecule has 0 aliphatic rings. The van der Waals surface area contributed by atoms with Crippen molar-refractivity contribution < 1.29 is 0 Å². The van der Waals surface area contributed by atoms with E-state index in [0.29, 0.717) is 5.92 Å². The molecule has 0 radical (unpaired) electrons. The molecule has 0 aliphatic heterocycles. The van der Waals surface area contributed by atoms with Gasteiger partial charge in [0.15, 0.2) is 5.65 Å². The number of aryl methyl sites for hydroxylation is 1. The highest BCUT2D eigenvalue weighted by atomic mass is 15.3. The Morgan fingerprint density at radius 2 is 2.15 bits per heavy atom. The van der Waals surface area contributed by atoms with Crippen molar-refractivity contribution in [2.75, 3.05) is 0 Å². The van der Waals surface area contributed by atoms with Gasteiger partial charge in [-0.15, -0.1) is 0 Å². The molecule has 68 valence electrons. The Balaban J connectivity index is 2.75. The van der Waals surface area contributed by atoms with Crippen molar-refractivity contribution in [3.63, 3.8) is 0 Å². The van der Waals surface area contributed by atoms with Gasteiger partial charge in [0.05, 0.1) is 17.6 Å². The molecule has 0 atom stereocenters. The van der Waals surface area contributed by atoms with Crippen LogP contribution >= 0.6 is 0 Å². The van der Waals surface area contributed by atoms with Crippen molar-refractivity contribution in [3.8, 4) is 0 Å². The van der Waals surface area contributed by atoms with E-state index >= 15 is 0 Å². The molecule has 0 saturated carbocycles. The zero-order chi connectivity index (χ0) is 9.42. The molecule has 2 aromatic rings. The minimum Gasteiger partial charge on any atom is -0.235 e. The molecule has 0 amide bonds. The highest BCUT2D eigenvalue weighted by Gasteiger charge is 2.09.